The van der Waals surface area contributed by atoms with E-state index in [1.807, 2.05) is 43.3 Å². The Labute approximate surface area is 165 Å². The largest absolute Gasteiger partial charge is 0.350 e. The second-order valence-corrected chi connectivity index (χ2v) is 8.69. The van der Waals surface area contributed by atoms with Gasteiger partial charge in [0.1, 0.15) is 0 Å². The molecule has 0 aliphatic carbocycles. The standard InChI is InChI=1S/C19H24ClN3O3S/c1-13-9-10-14(27(25,26)21-2)11-16(13)19(24)22-12-18(23(3)4)15-7-5-6-8-17(15)20/h5-11,18,21H,12H2,1-4H3,(H,22,24)/t18-/m0/s1. The molecule has 0 saturated carbocycles. The zero-order chi connectivity index (χ0) is 20.2. The number of carbonyl (C=O) groups excluding carboxylic acids is 1. The molecule has 0 fully saturated rings. The Morgan fingerprint density at radius 2 is 1.85 bits per heavy atom. The smallest absolute Gasteiger partial charge is 0.251 e. The lowest BCUT2D eigenvalue weighted by Crippen LogP contribution is -2.35. The van der Waals surface area contributed by atoms with Crippen molar-refractivity contribution >= 4 is 27.5 Å². The second-order valence-electron chi connectivity index (χ2n) is 6.40. The fourth-order valence-corrected chi connectivity index (χ4v) is 3.75. The molecule has 2 aromatic rings. The summed E-state index contributed by atoms with van der Waals surface area (Å²) in [4.78, 5) is 14.7. The molecule has 1 amide bonds. The molecule has 0 aliphatic rings. The summed E-state index contributed by atoms with van der Waals surface area (Å²) in [5.74, 6) is -0.334. The summed E-state index contributed by atoms with van der Waals surface area (Å²) < 4.78 is 26.3. The summed E-state index contributed by atoms with van der Waals surface area (Å²) >= 11 is 6.29. The van der Waals surface area contributed by atoms with Crippen LogP contribution in [0, 0.1) is 6.92 Å². The molecule has 8 heteroatoms. The van der Waals surface area contributed by atoms with E-state index in [2.05, 4.69) is 10.0 Å². The van der Waals surface area contributed by atoms with Crippen LogP contribution in [0.3, 0.4) is 0 Å². The molecular formula is C19H24ClN3O3S. The molecule has 146 valence electrons. The minimum Gasteiger partial charge on any atom is -0.350 e. The normalized spacial score (nSPS) is 12.8. The van der Waals surface area contributed by atoms with Gasteiger partial charge in [-0.25, -0.2) is 13.1 Å². The number of sulfonamides is 1. The van der Waals surface area contributed by atoms with Crippen LogP contribution in [0.25, 0.3) is 0 Å². The highest BCUT2D eigenvalue weighted by Crippen LogP contribution is 2.25. The summed E-state index contributed by atoms with van der Waals surface area (Å²) in [6.07, 6.45) is 0. The topological polar surface area (TPSA) is 78.5 Å². The Bertz CT molecular complexity index is 930. The van der Waals surface area contributed by atoms with Crippen LogP contribution < -0.4 is 10.0 Å². The van der Waals surface area contributed by atoms with Crippen molar-refractivity contribution in [2.75, 3.05) is 27.7 Å². The van der Waals surface area contributed by atoms with Crippen molar-refractivity contribution < 1.29 is 13.2 Å². The first-order chi connectivity index (χ1) is 12.7. The molecule has 2 aromatic carbocycles. The summed E-state index contributed by atoms with van der Waals surface area (Å²) in [5, 5.41) is 3.52. The molecule has 0 heterocycles. The lowest BCUT2D eigenvalue weighted by Gasteiger charge is -2.26. The van der Waals surface area contributed by atoms with Crippen LogP contribution >= 0.6 is 11.6 Å². The molecule has 2 rings (SSSR count). The average Bonchev–Trinajstić information content (AvgIpc) is 2.63. The minimum atomic E-state index is -3.62. The predicted octanol–water partition coefficient (Wildman–Crippen LogP) is 2.59. The van der Waals surface area contributed by atoms with Crippen LogP contribution in [0.5, 0.6) is 0 Å². The summed E-state index contributed by atoms with van der Waals surface area (Å²) in [5.41, 5.74) is 1.93. The Kier molecular flexibility index (Phi) is 7.00. The fourth-order valence-electron chi connectivity index (χ4n) is 2.73. The van der Waals surface area contributed by atoms with Crippen LogP contribution in [-0.4, -0.2) is 46.9 Å². The van der Waals surface area contributed by atoms with Gasteiger partial charge in [-0.15, -0.1) is 0 Å². The van der Waals surface area contributed by atoms with Crippen LogP contribution in [0.15, 0.2) is 47.4 Å². The Morgan fingerprint density at radius 3 is 2.44 bits per heavy atom. The minimum absolute atomic E-state index is 0.0519. The molecule has 27 heavy (non-hydrogen) atoms. The number of benzene rings is 2. The lowest BCUT2D eigenvalue weighted by atomic mass is 10.0. The van der Waals surface area contributed by atoms with Crippen LogP contribution in [0.4, 0.5) is 0 Å². The predicted molar refractivity (Wildman–Crippen MR) is 108 cm³/mol. The molecule has 2 N–H and O–H groups in total. The van der Waals surface area contributed by atoms with Crippen molar-refractivity contribution in [3.8, 4) is 0 Å². The highest BCUT2D eigenvalue weighted by atomic mass is 35.5. The first kappa shape index (κ1) is 21.4. The molecule has 0 bridgehead atoms. The third-order valence-electron chi connectivity index (χ3n) is 4.38. The molecule has 1 atom stereocenters. The molecule has 0 aliphatic heterocycles. The summed E-state index contributed by atoms with van der Waals surface area (Å²) in [6, 6.07) is 11.9. The van der Waals surface area contributed by atoms with Crippen molar-refractivity contribution in [1.29, 1.82) is 0 Å². The van der Waals surface area contributed by atoms with Crippen LogP contribution in [0.1, 0.15) is 27.5 Å². The highest BCUT2D eigenvalue weighted by molar-refractivity contribution is 7.89. The number of hydrogen-bond acceptors (Lipinski definition) is 4. The lowest BCUT2D eigenvalue weighted by molar-refractivity contribution is 0.0941. The van der Waals surface area contributed by atoms with Crippen molar-refractivity contribution in [3.05, 3.63) is 64.2 Å². The van der Waals surface area contributed by atoms with Crippen molar-refractivity contribution in [2.24, 2.45) is 0 Å². The van der Waals surface area contributed by atoms with Crippen molar-refractivity contribution in [3.63, 3.8) is 0 Å². The van der Waals surface area contributed by atoms with Crippen LogP contribution in [-0.2, 0) is 10.0 Å². The third kappa shape index (κ3) is 5.07. The summed E-state index contributed by atoms with van der Waals surface area (Å²) in [7, 11) is 1.53. The van der Waals surface area contributed by atoms with E-state index in [1.165, 1.54) is 19.2 Å². The second kappa shape index (κ2) is 8.84. The number of amides is 1. The zero-order valence-corrected chi connectivity index (χ0v) is 17.4. The van der Waals surface area contributed by atoms with Gasteiger partial charge in [0.15, 0.2) is 0 Å². The molecule has 6 nitrogen and oxygen atoms in total. The Hall–Kier alpha value is -1.93. The zero-order valence-electron chi connectivity index (χ0n) is 15.8. The number of rotatable bonds is 7. The first-order valence-corrected chi connectivity index (χ1v) is 10.3. The Morgan fingerprint density at radius 1 is 1.19 bits per heavy atom. The van der Waals surface area contributed by atoms with Gasteiger partial charge >= 0.3 is 0 Å². The maximum absolute atomic E-state index is 12.7. The van der Waals surface area contributed by atoms with Crippen LogP contribution in [0.2, 0.25) is 5.02 Å². The quantitative estimate of drug-likeness (QED) is 0.736. The van der Waals surface area contributed by atoms with Gasteiger partial charge in [-0.3, -0.25) is 4.79 Å². The molecular weight excluding hydrogens is 386 g/mol. The van der Waals surface area contributed by atoms with E-state index in [1.54, 1.807) is 13.0 Å². The number of likely N-dealkylation sites (N-methyl/N-ethyl adjacent to an activating group) is 1. The van der Waals surface area contributed by atoms with Gasteiger partial charge in [0.25, 0.3) is 5.91 Å². The number of halogens is 1. The number of nitrogens with one attached hydrogen (secondary N) is 2. The van der Waals surface area contributed by atoms with E-state index < -0.39 is 10.0 Å². The number of aryl methyl sites for hydroxylation is 1. The van der Waals surface area contributed by atoms with E-state index in [4.69, 9.17) is 11.6 Å². The number of nitrogens with zero attached hydrogens (tertiary/aromatic N) is 1. The molecule has 0 unspecified atom stereocenters. The van der Waals surface area contributed by atoms with E-state index in [-0.39, 0.29) is 16.8 Å². The van der Waals surface area contributed by atoms with Gasteiger partial charge in [-0.1, -0.05) is 35.9 Å². The van der Waals surface area contributed by atoms with E-state index >= 15 is 0 Å². The fraction of sp³-hybridized carbons (Fsp3) is 0.316. The first-order valence-electron chi connectivity index (χ1n) is 8.40. The van der Waals surface area contributed by atoms with Crippen molar-refractivity contribution in [2.45, 2.75) is 17.9 Å². The van der Waals surface area contributed by atoms with Gasteiger partial charge in [0.2, 0.25) is 10.0 Å². The molecule has 0 saturated heterocycles. The number of carbonyl (C=O) groups is 1. The molecule has 0 radical (unpaired) electrons. The van der Waals surface area contributed by atoms with E-state index in [0.29, 0.717) is 22.7 Å². The average molecular weight is 410 g/mol. The van der Waals surface area contributed by atoms with Crippen molar-refractivity contribution in [1.82, 2.24) is 14.9 Å². The van der Waals surface area contributed by atoms with Gasteiger partial charge in [-0.2, -0.15) is 0 Å². The maximum Gasteiger partial charge on any atom is 0.251 e. The summed E-state index contributed by atoms with van der Waals surface area (Å²) in [6.45, 7) is 2.10. The van der Waals surface area contributed by atoms with Gasteiger partial charge < -0.3 is 10.2 Å². The highest BCUT2D eigenvalue weighted by Gasteiger charge is 2.20. The molecule has 0 aromatic heterocycles. The Balaban J connectivity index is 2.24. The van der Waals surface area contributed by atoms with Gasteiger partial charge in [0.05, 0.1) is 10.9 Å². The maximum atomic E-state index is 12.7. The molecule has 0 spiro atoms. The van der Waals surface area contributed by atoms with Gasteiger partial charge in [-0.05, 0) is 57.4 Å². The van der Waals surface area contributed by atoms with Gasteiger partial charge in [0, 0.05) is 17.1 Å². The van der Waals surface area contributed by atoms with E-state index in [9.17, 15) is 13.2 Å². The third-order valence-corrected chi connectivity index (χ3v) is 6.13. The SMILES string of the molecule is CNS(=O)(=O)c1ccc(C)c(C(=O)NC[C@@H](c2ccccc2Cl)N(C)C)c1. The number of hydrogen-bond donors (Lipinski definition) is 2. The monoisotopic (exact) mass is 409 g/mol. The van der Waals surface area contributed by atoms with E-state index in [0.717, 1.165) is 5.56 Å².